The Balaban J connectivity index is 2.47. The van der Waals surface area contributed by atoms with E-state index in [0.717, 1.165) is 16.8 Å². The molecule has 16 heavy (non-hydrogen) atoms. The molecule has 82 valence electrons. The van der Waals surface area contributed by atoms with Gasteiger partial charge < -0.3 is 5.73 Å². The lowest BCUT2D eigenvalue weighted by Gasteiger charge is -2.06. The monoisotopic (exact) mass is 251 g/mol. The van der Waals surface area contributed by atoms with Gasteiger partial charge in [-0.2, -0.15) is 5.10 Å². The predicted octanol–water partition coefficient (Wildman–Crippen LogP) is 2.47. The highest BCUT2D eigenvalue weighted by molar-refractivity contribution is 7.80. The van der Waals surface area contributed by atoms with Crippen molar-refractivity contribution in [2.24, 2.45) is 5.73 Å². The summed E-state index contributed by atoms with van der Waals surface area (Å²) < 4.78 is 1.72. The SMILES string of the molecule is Cc1cnn(-c2ccc(C(N)=S)cc2Cl)c1. The van der Waals surface area contributed by atoms with Gasteiger partial charge in [-0.1, -0.05) is 23.8 Å². The molecule has 0 aliphatic carbocycles. The number of rotatable bonds is 2. The van der Waals surface area contributed by atoms with E-state index in [-0.39, 0.29) is 0 Å². The number of nitrogens with zero attached hydrogens (tertiary/aromatic N) is 2. The van der Waals surface area contributed by atoms with Crippen LogP contribution >= 0.6 is 23.8 Å². The van der Waals surface area contributed by atoms with Crippen molar-refractivity contribution < 1.29 is 0 Å². The molecule has 1 aromatic heterocycles. The van der Waals surface area contributed by atoms with E-state index in [4.69, 9.17) is 29.6 Å². The molecule has 0 unspecified atom stereocenters. The lowest BCUT2D eigenvalue weighted by Crippen LogP contribution is -2.09. The first-order chi connectivity index (χ1) is 7.58. The molecule has 5 heteroatoms. The summed E-state index contributed by atoms with van der Waals surface area (Å²) in [6.07, 6.45) is 3.68. The van der Waals surface area contributed by atoms with E-state index in [1.807, 2.05) is 25.3 Å². The topological polar surface area (TPSA) is 43.8 Å². The zero-order valence-electron chi connectivity index (χ0n) is 8.64. The van der Waals surface area contributed by atoms with Crippen LogP contribution in [-0.2, 0) is 0 Å². The van der Waals surface area contributed by atoms with Gasteiger partial charge in [-0.25, -0.2) is 4.68 Å². The molecule has 0 fully saturated rings. The van der Waals surface area contributed by atoms with Crippen LogP contribution in [0.5, 0.6) is 0 Å². The Morgan fingerprint density at radius 1 is 1.50 bits per heavy atom. The summed E-state index contributed by atoms with van der Waals surface area (Å²) >= 11 is 11.0. The van der Waals surface area contributed by atoms with E-state index in [2.05, 4.69) is 5.10 Å². The van der Waals surface area contributed by atoms with E-state index in [0.29, 0.717) is 10.0 Å². The second-order valence-corrected chi connectivity index (χ2v) is 4.34. The highest BCUT2D eigenvalue weighted by atomic mass is 35.5. The summed E-state index contributed by atoms with van der Waals surface area (Å²) in [6, 6.07) is 5.43. The second kappa shape index (κ2) is 4.23. The fourth-order valence-electron chi connectivity index (χ4n) is 1.39. The number of aromatic nitrogens is 2. The molecule has 1 aromatic carbocycles. The van der Waals surface area contributed by atoms with Gasteiger partial charge in [-0.05, 0) is 30.7 Å². The van der Waals surface area contributed by atoms with Crippen molar-refractivity contribution >= 4 is 28.8 Å². The molecular formula is C11H10ClN3S. The molecule has 0 saturated heterocycles. The van der Waals surface area contributed by atoms with Crippen LogP contribution in [0.2, 0.25) is 5.02 Å². The minimum Gasteiger partial charge on any atom is -0.389 e. The summed E-state index contributed by atoms with van der Waals surface area (Å²) in [5.41, 5.74) is 8.18. The first kappa shape index (κ1) is 11.1. The minimum absolute atomic E-state index is 0.338. The molecule has 2 rings (SSSR count). The summed E-state index contributed by atoms with van der Waals surface area (Å²) in [4.78, 5) is 0.338. The Kier molecular flexibility index (Phi) is 2.94. The Labute approximate surface area is 104 Å². The van der Waals surface area contributed by atoms with Gasteiger partial charge in [0.2, 0.25) is 0 Å². The van der Waals surface area contributed by atoms with Gasteiger partial charge in [0, 0.05) is 11.8 Å². The number of hydrogen-bond donors (Lipinski definition) is 1. The Hall–Kier alpha value is -1.39. The molecule has 2 N–H and O–H groups in total. The number of hydrogen-bond acceptors (Lipinski definition) is 2. The van der Waals surface area contributed by atoms with Gasteiger partial charge in [0.1, 0.15) is 4.99 Å². The van der Waals surface area contributed by atoms with Crippen LogP contribution in [-0.4, -0.2) is 14.8 Å². The first-order valence-corrected chi connectivity index (χ1v) is 5.47. The first-order valence-electron chi connectivity index (χ1n) is 4.69. The van der Waals surface area contributed by atoms with E-state index in [1.54, 1.807) is 16.9 Å². The van der Waals surface area contributed by atoms with Gasteiger partial charge in [-0.15, -0.1) is 0 Å². The normalized spacial score (nSPS) is 10.4. The summed E-state index contributed by atoms with van der Waals surface area (Å²) in [5, 5.41) is 4.77. The average Bonchev–Trinajstić information content (AvgIpc) is 2.64. The van der Waals surface area contributed by atoms with Crippen molar-refractivity contribution in [3.63, 3.8) is 0 Å². The van der Waals surface area contributed by atoms with Crippen molar-refractivity contribution in [1.29, 1.82) is 0 Å². The second-order valence-electron chi connectivity index (χ2n) is 3.49. The molecular weight excluding hydrogens is 242 g/mol. The molecule has 0 radical (unpaired) electrons. The highest BCUT2D eigenvalue weighted by Crippen LogP contribution is 2.21. The zero-order chi connectivity index (χ0) is 11.7. The zero-order valence-corrected chi connectivity index (χ0v) is 10.2. The van der Waals surface area contributed by atoms with Gasteiger partial charge in [0.05, 0.1) is 16.9 Å². The molecule has 0 atom stereocenters. The molecule has 0 aliphatic heterocycles. The average molecular weight is 252 g/mol. The number of thiocarbonyl (C=S) groups is 1. The fourth-order valence-corrected chi connectivity index (χ4v) is 1.78. The van der Waals surface area contributed by atoms with Gasteiger partial charge in [0.25, 0.3) is 0 Å². The quantitative estimate of drug-likeness (QED) is 0.834. The Morgan fingerprint density at radius 3 is 2.75 bits per heavy atom. The third-order valence-electron chi connectivity index (χ3n) is 2.19. The molecule has 0 amide bonds. The largest absolute Gasteiger partial charge is 0.389 e. The molecule has 0 bridgehead atoms. The number of nitrogens with two attached hydrogens (primary N) is 1. The number of aryl methyl sites for hydroxylation is 1. The van der Waals surface area contributed by atoms with Crippen LogP contribution in [0, 0.1) is 6.92 Å². The maximum Gasteiger partial charge on any atom is 0.104 e. The summed E-state index contributed by atoms with van der Waals surface area (Å²) in [6.45, 7) is 1.97. The molecule has 3 nitrogen and oxygen atoms in total. The van der Waals surface area contributed by atoms with Crippen molar-refractivity contribution in [2.75, 3.05) is 0 Å². The van der Waals surface area contributed by atoms with Crippen LogP contribution < -0.4 is 5.73 Å². The Morgan fingerprint density at radius 2 is 2.25 bits per heavy atom. The van der Waals surface area contributed by atoms with Crippen molar-refractivity contribution in [3.05, 3.63) is 46.7 Å². The molecule has 0 aliphatic rings. The standard InChI is InChI=1S/C11H10ClN3S/c1-7-5-14-15(6-7)10-3-2-8(11(13)16)4-9(10)12/h2-6H,1H3,(H2,13,16). The van der Waals surface area contributed by atoms with Crippen LogP contribution in [0.15, 0.2) is 30.6 Å². The molecule has 2 aromatic rings. The summed E-state index contributed by atoms with van der Waals surface area (Å²) in [5.74, 6) is 0. The lowest BCUT2D eigenvalue weighted by atomic mass is 10.2. The van der Waals surface area contributed by atoms with E-state index >= 15 is 0 Å². The van der Waals surface area contributed by atoms with Crippen LogP contribution in [0.3, 0.4) is 0 Å². The van der Waals surface area contributed by atoms with Gasteiger partial charge in [-0.3, -0.25) is 0 Å². The smallest absolute Gasteiger partial charge is 0.104 e. The third-order valence-corrected chi connectivity index (χ3v) is 2.73. The van der Waals surface area contributed by atoms with Crippen LogP contribution in [0.25, 0.3) is 5.69 Å². The minimum atomic E-state index is 0.338. The van der Waals surface area contributed by atoms with E-state index in [9.17, 15) is 0 Å². The van der Waals surface area contributed by atoms with Crippen molar-refractivity contribution in [3.8, 4) is 5.69 Å². The maximum absolute atomic E-state index is 6.14. The molecule has 0 saturated carbocycles. The lowest BCUT2D eigenvalue weighted by molar-refractivity contribution is 0.880. The maximum atomic E-state index is 6.14. The van der Waals surface area contributed by atoms with Crippen molar-refractivity contribution in [2.45, 2.75) is 6.92 Å². The number of benzene rings is 1. The Bertz CT molecular complexity index is 548. The number of halogens is 1. The van der Waals surface area contributed by atoms with Crippen molar-refractivity contribution in [1.82, 2.24) is 9.78 Å². The summed E-state index contributed by atoms with van der Waals surface area (Å²) in [7, 11) is 0. The van der Waals surface area contributed by atoms with Crippen LogP contribution in [0.4, 0.5) is 0 Å². The van der Waals surface area contributed by atoms with E-state index in [1.165, 1.54) is 0 Å². The van der Waals surface area contributed by atoms with E-state index < -0.39 is 0 Å². The van der Waals surface area contributed by atoms with Gasteiger partial charge >= 0.3 is 0 Å². The fraction of sp³-hybridized carbons (Fsp3) is 0.0909. The van der Waals surface area contributed by atoms with Crippen LogP contribution in [0.1, 0.15) is 11.1 Å². The molecule has 0 spiro atoms. The third kappa shape index (κ3) is 2.08. The van der Waals surface area contributed by atoms with Gasteiger partial charge in [0.15, 0.2) is 0 Å². The highest BCUT2D eigenvalue weighted by Gasteiger charge is 2.06. The molecule has 1 heterocycles. The predicted molar refractivity (Wildman–Crippen MR) is 69.2 cm³/mol.